The molecule has 49 valence electrons. The molecule has 0 aromatic carbocycles. The summed E-state index contributed by atoms with van der Waals surface area (Å²) in [4.78, 5) is 0. The summed E-state index contributed by atoms with van der Waals surface area (Å²) in [6.07, 6.45) is -2.76. The van der Waals surface area contributed by atoms with Gasteiger partial charge in [-0.2, -0.15) is 0 Å². The first-order chi connectivity index (χ1) is 3.50. The van der Waals surface area contributed by atoms with Crippen LogP contribution in [-0.4, -0.2) is 12.1 Å². The minimum atomic E-state index is -3.24. The Balaban J connectivity index is 3.71. The number of hydrogen-bond acceptors (Lipinski definition) is 0. The van der Waals surface area contributed by atoms with Crippen molar-refractivity contribution >= 4 is 0 Å². The first-order valence-corrected chi connectivity index (χ1v) is 2.32. The van der Waals surface area contributed by atoms with E-state index < -0.39 is 18.5 Å². The second-order valence-corrected chi connectivity index (χ2v) is 1.63. The maximum absolute atomic E-state index is 11.8. The number of hydrogen-bond donors (Lipinski definition) is 0. The molecule has 0 spiro atoms. The van der Waals surface area contributed by atoms with Crippen molar-refractivity contribution in [2.75, 3.05) is 0 Å². The maximum Gasteiger partial charge on any atom is 0.278 e. The largest absolute Gasteiger partial charge is 0.278 e. The summed E-state index contributed by atoms with van der Waals surface area (Å²) in [7, 11) is 0. The quantitative estimate of drug-likeness (QED) is 0.530. The van der Waals surface area contributed by atoms with Crippen LogP contribution in [0.1, 0.15) is 13.3 Å². The Kier molecular flexibility index (Phi) is 2.31. The number of alkyl halides is 3. The molecule has 8 heavy (non-hydrogen) atoms. The Morgan fingerprint density at radius 2 is 2.00 bits per heavy atom. The van der Waals surface area contributed by atoms with Gasteiger partial charge in [-0.05, 0) is 13.8 Å². The molecule has 1 radical (unpaired) electrons. The van der Waals surface area contributed by atoms with E-state index in [2.05, 4.69) is 6.92 Å². The smallest absolute Gasteiger partial charge is 0.241 e. The third-order valence-corrected chi connectivity index (χ3v) is 0.915. The van der Waals surface area contributed by atoms with Gasteiger partial charge in [-0.25, -0.2) is 13.2 Å². The summed E-state index contributed by atoms with van der Waals surface area (Å²) in [5, 5.41) is 0. The molecule has 0 amide bonds. The van der Waals surface area contributed by atoms with E-state index in [-0.39, 0.29) is 0 Å². The van der Waals surface area contributed by atoms with Crippen LogP contribution in [0.3, 0.4) is 0 Å². The molecule has 0 aliphatic carbocycles. The summed E-state index contributed by atoms with van der Waals surface area (Å²) in [5.74, 6) is -3.24. The van der Waals surface area contributed by atoms with E-state index in [0.29, 0.717) is 0 Å². The molecule has 0 rings (SSSR count). The molecule has 0 saturated carbocycles. The van der Waals surface area contributed by atoms with Crippen LogP contribution in [0.15, 0.2) is 0 Å². The van der Waals surface area contributed by atoms with Crippen LogP contribution < -0.4 is 0 Å². The molecule has 0 aliphatic rings. The molecule has 0 saturated heterocycles. The number of rotatable bonds is 2. The van der Waals surface area contributed by atoms with Gasteiger partial charge in [-0.15, -0.1) is 0 Å². The average Bonchev–Trinajstić information content (AvgIpc) is 1.67. The highest BCUT2D eigenvalue weighted by Crippen LogP contribution is 2.23. The van der Waals surface area contributed by atoms with E-state index in [1.165, 1.54) is 0 Å². The van der Waals surface area contributed by atoms with E-state index in [0.717, 1.165) is 6.92 Å². The molecule has 0 aromatic heterocycles. The van der Waals surface area contributed by atoms with E-state index in [9.17, 15) is 13.2 Å². The van der Waals surface area contributed by atoms with Gasteiger partial charge < -0.3 is 0 Å². The second kappa shape index (κ2) is 2.37. The molecule has 0 N–H and O–H groups in total. The van der Waals surface area contributed by atoms with Crippen molar-refractivity contribution in [3.63, 3.8) is 0 Å². The average molecular weight is 125 g/mol. The molecule has 0 aromatic rings. The monoisotopic (exact) mass is 125 g/mol. The van der Waals surface area contributed by atoms with Crippen LogP contribution in [0.5, 0.6) is 0 Å². The predicted octanol–water partition coefficient (Wildman–Crippen LogP) is 2.20. The maximum atomic E-state index is 11.8. The molecule has 0 aliphatic heterocycles. The third kappa shape index (κ3) is 1.72. The van der Waals surface area contributed by atoms with Gasteiger partial charge in [0.05, 0.1) is 0 Å². The van der Waals surface area contributed by atoms with E-state index in [4.69, 9.17) is 0 Å². The zero-order valence-electron chi connectivity index (χ0n) is 4.63. The minimum absolute atomic E-state index is 0.676. The summed E-state index contributed by atoms with van der Waals surface area (Å²) in [6, 6.07) is 0. The summed E-state index contributed by atoms with van der Waals surface area (Å²) < 4.78 is 35.4. The predicted molar refractivity (Wildman–Crippen MR) is 25.5 cm³/mol. The Morgan fingerprint density at radius 3 is 2.00 bits per heavy atom. The lowest BCUT2D eigenvalue weighted by molar-refractivity contribution is -0.0621. The molecular formula is C5H8F3. The van der Waals surface area contributed by atoms with Crippen molar-refractivity contribution in [1.82, 2.24) is 0 Å². The molecule has 0 bridgehead atoms. The van der Waals surface area contributed by atoms with Crippen LogP contribution in [0.25, 0.3) is 0 Å². The highest BCUT2D eigenvalue weighted by atomic mass is 19.3. The highest BCUT2D eigenvalue weighted by Gasteiger charge is 2.33. The van der Waals surface area contributed by atoms with Crippen molar-refractivity contribution in [2.24, 2.45) is 0 Å². The Morgan fingerprint density at radius 1 is 1.62 bits per heavy atom. The van der Waals surface area contributed by atoms with Crippen LogP contribution in [0.4, 0.5) is 13.2 Å². The zero-order chi connectivity index (χ0) is 6.78. The minimum Gasteiger partial charge on any atom is -0.241 e. The third-order valence-electron chi connectivity index (χ3n) is 0.915. The van der Waals surface area contributed by atoms with Crippen molar-refractivity contribution < 1.29 is 13.2 Å². The number of halogens is 3. The summed E-state index contributed by atoms with van der Waals surface area (Å²) in [6.45, 7) is 3.71. The van der Waals surface area contributed by atoms with Crippen LogP contribution >= 0.6 is 0 Å². The topological polar surface area (TPSA) is 0 Å². The lowest BCUT2D eigenvalue weighted by atomic mass is 10.2. The zero-order valence-corrected chi connectivity index (χ0v) is 4.63. The van der Waals surface area contributed by atoms with Crippen molar-refractivity contribution in [3.05, 3.63) is 6.92 Å². The van der Waals surface area contributed by atoms with Gasteiger partial charge in [0.15, 0.2) is 6.17 Å². The molecular weight excluding hydrogens is 117 g/mol. The fourth-order valence-corrected chi connectivity index (χ4v) is 0.199. The van der Waals surface area contributed by atoms with Gasteiger partial charge in [-0.1, -0.05) is 0 Å². The van der Waals surface area contributed by atoms with Gasteiger partial charge in [0.1, 0.15) is 0 Å². The summed E-state index contributed by atoms with van der Waals surface area (Å²) >= 11 is 0. The molecule has 1 atom stereocenters. The Hall–Kier alpha value is -0.210. The van der Waals surface area contributed by atoms with Gasteiger partial charge >= 0.3 is 0 Å². The van der Waals surface area contributed by atoms with Crippen molar-refractivity contribution in [1.29, 1.82) is 0 Å². The summed E-state index contributed by atoms with van der Waals surface area (Å²) in [5.41, 5.74) is 0. The molecule has 0 fully saturated rings. The standard InChI is InChI=1S/C5H8F3/c1-3-5(7,8)4(2)6/h4H,1,3H2,2H3/t4-/m0/s1. The molecule has 0 nitrogen and oxygen atoms in total. The SMILES string of the molecule is [CH2]CC(F)(F)[C@H](C)F. The van der Waals surface area contributed by atoms with Crippen LogP contribution in [0, 0.1) is 6.92 Å². The first-order valence-electron chi connectivity index (χ1n) is 2.32. The van der Waals surface area contributed by atoms with Gasteiger partial charge in [0.2, 0.25) is 0 Å². The van der Waals surface area contributed by atoms with Crippen LogP contribution in [0.2, 0.25) is 0 Å². The lowest BCUT2D eigenvalue weighted by Crippen LogP contribution is -2.25. The van der Waals surface area contributed by atoms with E-state index >= 15 is 0 Å². The van der Waals surface area contributed by atoms with Gasteiger partial charge in [0.25, 0.3) is 5.92 Å². The fraction of sp³-hybridized carbons (Fsp3) is 0.800. The second-order valence-electron chi connectivity index (χ2n) is 1.63. The van der Waals surface area contributed by atoms with Gasteiger partial charge in [-0.3, -0.25) is 0 Å². The lowest BCUT2D eigenvalue weighted by Gasteiger charge is -2.13. The molecule has 0 unspecified atom stereocenters. The normalized spacial score (nSPS) is 16.1. The van der Waals surface area contributed by atoms with Gasteiger partial charge in [0, 0.05) is 6.42 Å². The molecule has 3 heteroatoms. The van der Waals surface area contributed by atoms with Crippen LogP contribution in [-0.2, 0) is 0 Å². The van der Waals surface area contributed by atoms with Crippen molar-refractivity contribution in [3.8, 4) is 0 Å². The Labute approximate surface area is 46.7 Å². The first kappa shape index (κ1) is 7.79. The molecule has 0 heterocycles. The van der Waals surface area contributed by atoms with E-state index in [1.807, 2.05) is 0 Å². The van der Waals surface area contributed by atoms with E-state index in [1.54, 1.807) is 0 Å². The Bertz CT molecular complexity index is 68.1. The highest BCUT2D eigenvalue weighted by molar-refractivity contribution is 4.73. The fourth-order valence-electron chi connectivity index (χ4n) is 0.199. The van der Waals surface area contributed by atoms with Crippen molar-refractivity contribution in [2.45, 2.75) is 25.4 Å².